The van der Waals surface area contributed by atoms with Gasteiger partial charge in [0.1, 0.15) is 11.5 Å². The van der Waals surface area contributed by atoms with Crippen molar-refractivity contribution in [2.24, 2.45) is 0 Å². The molecule has 3 rings (SSSR count). The summed E-state index contributed by atoms with van der Waals surface area (Å²) < 4.78 is 26.3. The van der Waals surface area contributed by atoms with Crippen molar-refractivity contribution in [3.05, 3.63) is 28.7 Å². The summed E-state index contributed by atoms with van der Waals surface area (Å²) in [5.41, 5.74) is -0.353. The second-order valence-electron chi connectivity index (χ2n) is 4.66. The van der Waals surface area contributed by atoms with Crippen LogP contribution in [0, 0.1) is 5.82 Å². The summed E-state index contributed by atoms with van der Waals surface area (Å²) in [7, 11) is 1.52. The third kappa shape index (κ3) is 1.92. The number of ether oxygens (including phenoxy) is 2. The van der Waals surface area contributed by atoms with Crippen molar-refractivity contribution in [3.63, 3.8) is 0 Å². The molecule has 2 N–H and O–H groups in total. The van der Waals surface area contributed by atoms with Gasteiger partial charge in [-0.2, -0.15) is 0 Å². The highest BCUT2D eigenvalue weighted by Gasteiger charge is 2.37. The van der Waals surface area contributed by atoms with Gasteiger partial charge in [0.05, 0.1) is 19.0 Å². The largest absolute Gasteiger partial charge is 0.394 e. The third-order valence-corrected chi connectivity index (χ3v) is 3.49. The second kappa shape index (κ2) is 4.97. The number of hydrogen-bond acceptors (Lipinski definition) is 5. The maximum atomic E-state index is 13.9. The quantitative estimate of drug-likeness (QED) is 0.837. The molecule has 0 bridgehead atoms. The van der Waals surface area contributed by atoms with Crippen LogP contribution in [0.15, 0.2) is 17.3 Å². The molecule has 1 saturated heterocycles. The number of aliphatic hydroxyl groups is 1. The summed E-state index contributed by atoms with van der Waals surface area (Å²) in [6.45, 7) is -0.147. The van der Waals surface area contributed by atoms with E-state index in [1.165, 1.54) is 24.2 Å². The zero-order valence-electron chi connectivity index (χ0n) is 10.7. The van der Waals surface area contributed by atoms with Crippen molar-refractivity contribution in [2.75, 3.05) is 13.7 Å². The molecule has 0 saturated carbocycles. The Morgan fingerprint density at radius 2 is 2.50 bits per heavy atom. The molecule has 8 heteroatoms. The fourth-order valence-corrected chi connectivity index (χ4v) is 2.53. The van der Waals surface area contributed by atoms with Gasteiger partial charge in [-0.15, -0.1) is 0 Å². The molecule has 1 aliphatic heterocycles. The van der Waals surface area contributed by atoms with Gasteiger partial charge in [-0.05, 0) is 0 Å². The summed E-state index contributed by atoms with van der Waals surface area (Å²) in [5, 5.41) is 9.06. The number of methoxy groups -OCH3 is 1. The molecule has 108 valence electrons. The Morgan fingerprint density at radius 1 is 1.70 bits per heavy atom. The standard InChI is InChI=1S/C12H14FN3O4/c1-19-8-2-6(4-17)20-12(8)16-3-7(13)9-10(16)14-5-15-11(9)18/h3,5-6,8,12,17H,2,4H2,1H3,(H,14,15,18)/t6-,8+,12+/m0/s1. The zero-order chi connectivity index (χ0) is 14.3. The van der Waals surface area contributed by atoms with Crippen LogP contribution in [0.3, 0.4) is 0 Å². The summed E-state index contributed by atoms with van der Waals surface area (Å²) in [6.07, 6.45) is 1.51. The Hall–Kier alpha value is -1.77. The number of fused-ring (bicyclic) bond motifs is 1. The van der Waals surface area contributed by atoms with Crippen LogP contribution in [0.25, 0.3) is 11.0 Å². The van der Waals surface area contributed by atoms with E-state index < -0.39 is 17.6 Å². The molecule has 0 radical (unpaired) electrons. The monoisotopic (exact) mass is 283 g/mol. The van der Waals surface area contributed by atoms with Crippen molar-refractivity contribution >= 4 is 11.0 Å². The van der Waals surface area contributed by atoms with E-state index in [9.17, 15) is 14.3 Å². The van der Waals surface area contributed by atoms with Crippen LogP contribution in [0.4, 0.5) is 4.39 Å². The first-order valence-corrected chi connectivity index (χ1v) is 6.18. The normalized spacial score (nSPS) is 26.4. The Kier molecular flexibility index (Phi) is 3.28. The number of aromatic amines is 1. The first-order chi connectivity index (χ1) is 9.65. The molecule has 7 nitrogen and oxygen atoms in total. The lowest BCUT2D eigenvalue weighted by molar-refractivity contribution is -0.0582. The van der Waals surface area contributed by atoms with E-state index in [-0.39, 0.29) is 29.8 Å². The summed E-state index contributed by atoms with van der Waals surface area (Å²) >= 11 is 0. The van der Waals surface area contributed by atoms with Crippen molar-refractivity contribution in [3.8, 4) is 0 Å². The lowest BCUT2D eigenvalue weighted by Crippen LogP contribution is -2.21. The predicted molar refractivity (Wildman–Crippen MR) is 66.7 cm³/mol. The Morgan fingerprint density at radius 3 is 3.20 bits per heavy atom. The van der Waals surface area contributed by atoms with E-state index in [4.69, 9.17) is 9.47 Å². The third-order valence-electron chi connectivity index (χ3n) is 3.49. The zero-order valence-corrected chi connectivity index (χ0v) is 10.7. The van der Waals surface area contributed by atoms with Gasteiger partial charge in [0.15, 0.2) is 17.7 Å². The summed E-state index contributed by atoms with van der Waals surface area (Å²) in [4.78, 5) is 18.0. The van der Waals surface area contributed by atoms with Gasteiger partial charge in [-0.1, -0.05) is 0 Å². The van der Waals surface area contributed by atoms with E-state index in [2.05, 4.69) is 9.97 Å². The summed E-state index contributed by atoms with van der Waals surface area (Å²) in [6, 6.07) is 0. The van der Waals surface area contributed by atoms with Crippen molar-refractivity contribution in [1.82, 2.24) is 14.5 Å². The highest BCUT2D eigenvalue weighted by Crippen LogP contribution is 2.33. The fraction of sp³-hybridized carbons (Fsp3) is 0.500. The van der Waals surface area contributed by atoms with Gasteiger partial charge < -0.3 is 24.1 Å². The smallest absolute Gasteiger partial charge is 0.263 e. The second-order valence-corrected chi connectivity index (χ2v) is 4.66. The van der Waals surface area contributed by atoms with Crippen LogP contribution in [0.5, 0.6) is 0 Å². The van der Waals surface area contributed by atoms with Crippen molar-refractivity contribution in [1.29, 1.82) is 0 Å². The lowest BCUT2D eigenvalue weighted by Gasteiger charge is -2.19. The number of nitrogens with one attached hydrogen (secondary N) is 1. The fourth-order valence-electron chi connectivity index (χ4n) is 2.53. The van der Waals surface area contributed by atoms with E-state index >= 15 is 0 Å². The Labute approximate surface area is 113 Å². The molecule has 20 heavy (non-hydrogen) atoms. The van der Waals surface area contributed by atoms with E-state index in [0.717, 1.165) is 0 Å². The molecule has 2 aromatic heterocycles. The SMILES string of the molecule is CO[C@@H]1C[C@@H](CO)O[C@H]1n1cc(F)c2c(=O)[nH]cnc21. The number of aliphatic hydroxyl groups excluding tert-OH is 1. The number of rotatable bonds is 3. The van der Waals surface area contributed by atoms with Crippen LogP contribution in [0.1, 0.15) is 12.6 Å². The van der Waals surface area contributed by atoms with Crippen molar-refractivity contribution in [2.45, 2.75) is 24.9 Å². The molecule has 0 spiro atoms. The lowest BCUT2D eigenvalue weighted by atomic mass is 10.2. The minimum Gasteiger partial charge on any atom is -0.394 e. The van der Waals surface area contributed by atoms with Gasteiger partial charge >= 0.3 is 0 Å². The highest BCUT2D eigenvalue weighted by atomic mass is 19.1. The molecule has 1 fully saturated rings. The number of halogens is 1. The average molecular weight is 283 g/mol. The van der Waals surface area contributed by atoms with Gasteiger partial charge in [0, 0.05) is 19.7 Å². The van der Waals surface area contributed by atoms with Crippen LogP contribution in [0.2, 0.25) is 0 Å². The topological polar surface area (TPSA) is 89.4 Å². The van der Waals surface area contributed by atoms with E-state index in [0.29, 0.717) is 6.42 Å². The van der Waals surface area contributed by atoms with Crippen LogP contribution in [-0.2, 0) is 9.47 Å². The highest BCUT2D eigenvalue weighted by molar-refractivity contribution is 5.75. The molecule has 1 aliphatic rings. The molecule has 0 unspecified atom stereocenters. The van der Waals surface area contributed by atoms with Gasteiger partial charge in [0.2, 0.25) is 0 Å². The minimum atomic E-state index is -0.666. The summed E-state index contributed by atoms with van der Waals surface area (Å²) in [5.74, 6) is -0.666. The number of nitrogens with zero attached hydrogens (tertiary/aromatic N) is 2. The van der Waals surface area contributed by atoms with Gasteiger partial charge in [0.25, 0.3) is 5.56 Å². The number of hydrogen-bond donors (Lipinski definition) is 2. The maximum absolute atomic E-state index is 13.9. The van der Waals surface area contributed by atoms with Crippen molar-refractivity contribution < 1.29 is 19.0 Å². The number of H-pyrrole nitrogens is 1. The Balaban J connectivity index is 2.10. The first-order valence-electron chi connectivity index (χ1n) is 6.18. The molecular weight excluding hydrogens is 269 g/mol. The molecule has 3 atom stereocenters. The van der Waals surface area contributed by atoms with Gasteiger partial charge in [-0.25, -0.2) is 9.37 Å². The van der Waals surface area contributed by atoms with E-state index in [1.807, 2.05) is 0 Å². The van der Waals surface area contributed by atoms with Crippen LogP contribution >= 0.6 is 0 Å². The molecule has 3 heterocycles. The molecule has 0 aromatic carbocycles. The average Bonchev–Trinajstić information content (AvgIpc) is 3.00. The Bertz CT molecular complexity index is 683. The molecule has 0 amide bonds. The van der Waals surface area contributed by atoms with Crippen LogP contribution < -0.4 is 5.56 Å². The molecule has 2 aromatic rings. The van der Waals surface area contributed by atoms with E-state index in [1.54, 1.807) is 0 Å². The van der Waals surface area contributed by atoms with Gasteiger partial charge in [-0.3, -0.25) is 4.79 Å². The van der Waals surface area contributed by atoms with Crippen LogP contribution in [-0.4, -0.2) is 45.6 Å². The molecule has 0 aliphatic carbocycles. The predicted octanol–water partition coefficient (Wildman–Crippen LogP) is 0.158. The maximum Gasteiger partial charge on any atom is 0.263 e. The number of aromatic nitrogens is 3. The minimum absolute atomic E-state index is 0.113. The first kappa shape index (κ1) is 13.2. The molecular formula is C12H14FN3O4.